The van der Waals surface area contributed by atoms with Crippen molar-refractivity contribution in [2.75, 3.05) is 6.61 Å². The summed E-state index contributed by atoms with van der Waals surface area (Å²) in [7, 11) is 0. The molecule has 2 N–H and O–H groups in total. The van der Waals surface area contributed by atoms with Gasteiger partial charge in [-0.1, -0.05) is 57.6 Å². The number of amides is 1. The van der Waals surface area contributed by atoms with Crippen LogP contribution in [0.5, 0.6) is 5.75 Å². The van der Waals surface area contributed by atoms with Gasteiger partial charge in [-0.25, -0.2) is 0 Å². The van der Waals surface area contributed by atoms with Gasteiger partial charge in [-0.05, 0) is 43.6 Å². The van der Waals surface area contributed by atoms with Crippen LogP contribution in [0.25, 0.3) is 0 Å². The monoisotopic (exact) mass is 362 g/mol. The minimum Gasteiger partial charge on any atom is -0.493 e. The molecule has 1 aromatic carbocycles. The van der Waals surface area contributed by atoms with Crippen LogP contribution in [-0.4, -0.2) is 23.7 Å². The molecule has 0 aromatic heterocycles. The standard InChI is InChI=1S/C20H30N2O2S/c1-2-3-10-15-24-18-14-9-8-13-17(18)19(23)22-20(25)21-16-11-6-4-5-7-12-16/h8-9,13-14,16H,2-7,10-12,15H2,1H3,(H2,21,22,23,25). The number of para-hydroxylation sites is 1. The summed E-state index contributed by atoms with van der Waals surface area (Å²) < 4.78 is 5.78. The van der Waals surface area contributed by atoms with E-state index in [0.717, 1.165) is 32.1 Å². The van der Waals surface area contributed by atoms with Crippen molar-refractivity contribution in [2.45, 2.75) is 70.8 Å². The van der Waals surface area contributed by atoms with E-state index in [-0.39, 0.29) is 5.91 Å². The van der Waals surface area contributed by atoms with E-state index in [4.69, 9.17) is 17.0 Å². The number of unbranched alkanes of at least 4 members (excludes halogenated alkanes) is 2. The van der Waals surface area contributed by atoms with E-state index >= 15 is 0 Å². The summed E-state index contributed by atoms with van der Waals surface area (Å²) >= 11 is 5.34. The maximum Gasteiger partial charge on any atom is 0.261 e. The summed E-state index contributed by atoms with van der Waals surface area (Å²) in [5.74, 6) is 0.408. The predicted octanol–water partition coefficient (Wildman–Crippen LogP) is 4.58. The van der Waals surface area contributed by atoms with Gasteiger partial charge in [0.1, 0.15) is 5.75 Å². The quantitative estimate of drug-likeness (QED) is 0.423. The Kier molecular flexibility index (Phi) is 8.73. The van der Waals surface area contributed by atoms with Gasteiger partial charge in [0, 0.05) is 6.04 Å². The van der Waals surface area contributed by atoms with E-state index in [1.165, 1.54) is 25.7 Å². The highest BCUT2D eigenvalue weighted by atomic mass is 32.1. The number of carbonyl (C=O) groups is 1. The molecule has 1 amide bonds. The van der Waals surface area contributed by atoms with Crippen molar-refractivity contribution in [1.82, 2.24) is 10.6 Å². The SMILES string of the molecule is CCCCCOc1ccccc1C(=O)NC(=S)NC1CCCCCC1. The van der Waals surface area contributed by atoms with Crippen LogP contribution in [0.15, 0.2) is 24.3 Å². The number of hydrogen-bond donors (Lipinski definition) is 2. The lowest BCUT2D eigenvalue weighted by atomic mass is 10.1. The molecule has 1 aliphatic rings. The van der Waals surface area contributed by atoms with Crippen molar-refractivity contribution in [1.29, 1.82) is 0 Å². The predicted molar refractivity (Wildman–Crippen MR) is 106 cm³/mol. The fourth-order valence-electron chi connectivity index (χ4n) is 3.13. The van der Waals surface area contributed by atoms with Gasteiger partial charge >= 0.3 is 0 Å². The average Bonchev–Trinajstić information content (AvgIpc) is 2.87. The van der Waals surface area contributed by atoms with Crippen LogP contribution in [-0.2, 0) is 0 Å². The number of thiocarbonyl (C=S) groups is 1. The highest BCUT2D eigenvalue weighted by Crippen LogP contribution is 2.19. The van der Waals surface area contributed by atoms with Crippen LogP contribution in [0.3, 0.4) is 0 Å². The summed E-state index contributed by atoms with van der Waals surface area (Å²) in [5.41, 5.74) is 0.531. The summed E-state index contributed by atoms with van der Waals surface area (Å²) in [4.78, 5) is 12.6. The van der Waals surface area contributed by atoms with Crippen LogP contribution >= 0.6 is 12.2 Å². The Labute approximate surface area is 156 Å². The number of benzene rings is 1. The van der Waals surface area contributed by atoms with Crippen molar-refractivity contribution < 1.29 is 9.53 Å². The van der Waals surface area contributed by atoms with Gasteiger partial charge in [-0.3, -0.25) is 10.1 Å². The zero-order valence-corrected chi connectivity index (χ0v) is 16.0. The molecule has 138 valence electrons. The largest absolute Gasteiger partial charge is 0.493 e. The van der Waals surface area contributed by atoms with Gasteiger partial charge in [0.15, 0.2) is 5.11 Å². The molecule has 0 atom stereocenters. The Morgan fingerprint density at radius 1 is 1.16 bits per heavy atom. The maximum atomic E-state index is 12.6. The third-order valence-corrected chi connectivity index (χ3v) is 4.77. The summed E-state index contributed by atoms with van der Waals surface area (Å²) in [6.07, 6.45) is 10.5. The van der Waals surface area contributed by atoms with E-state index in [0.29, 0.717) is 29.1 Å². The molecule has 2 rings (SSSR count). The number of rotatable bonds is 7. The Morgan fingerprint density at radius 2 is 1.88 bits per heavy atom. The van der Waals surface area contributed by atoms with Crippen LogP contribution in [0.4, 0.5) is 0 Å². The summed E-state index contributed by atoms with van der Waals surface area (Å²) in [6.45, 7) is 2.78. The van der Waals surface area contributed by atoms with Crippen molar-refractivity contribution in [2.24, 2.45) is 0 Å². The summed E-state index contributed by atoms with van der Waals surface area (Å²) in [6, 6.07) is 7.71. The summed E-state index contributed by atoms with van der Waals surface area (Å²) in [5, 5.41) is 6.52. The molecule has 4 nitrogen and oxygen atoms in total. The molecule has 1 saturated carbocycles. The zero-order chi connectivity index (χ0) is 17.9. The average molecular weight is 363 g/mol. The highest BCUT2D eigenvalue weighted by molar-refractivity contribution is 7.80. The highest BCUT2D eigenvalue weighted by Gasteiger charge is 2.16. The van der Waals surface area contributed by atoms with Crippen LogP contribution in [0, 0.1) is 0 Å². The molecule has 0 heterocycles. The molecular formula is C20H30N2O2S. The molecule has 0 saturated heterocycles. The van der Waals surface area contributed by atoms with Gasteiger partial charge in [0.05, 0.1) is 12.2 Å². The van der Waals surface area contributed by atoms with E-state index in [1.54, 1.807) is 6.07 Å². The Balaban J connectivity index is 1.87. The van der Waals surface area contributed by atoms with Crippen LogP contribution in [0.1, 0.15) is 75.1 Å². The second-order valence-corrected chi connectivity index (χ2v) is 7.08. The normalized spacial score (nSPS) is 15.2. The number of hydrogen-bond acceptors (Lipinski definition) is 3. The van der Waals surface area contributed by atoms with Crippen molar-refractivity contribution in [3.8, 4) is 5.75 Å². The van der Waals surface area contributed by atoms with Crippen molar-refractivity contribution in [3.63, 3.8) is 0 Å². The van der Waals surface area contributed by atoms with Crippen molar-refractivity contribution in [3.05, 3.63) is 29.8 Å². The fourth-order valence-corrected chi connectivity index (χ4v) is 3.39. The van der Waals surface area contributed by atoms with Gasteiger partial charge < -0.3 is 10.1 Å². The van der Waals surface area contributed by atoms with E-state index in [1.807, 2.05) is 18.2 Å². The molecule has 0 unspecified atom stereocenters. The van der Waals surface area contributed by atoms with Gasteiger partial charge in [-0.15, -0.1) is 0 Å². The maximum absolute atomic E-state index is 12.6. The third kappa shape index (κ3) is 7.02. The van der Waals surface area contributed by atoms with E-state index in [9.17, 15) is 4.79 Å². The minimum atomic E-state index is -0.211. The van der Waals surface area contributed by atoms with E-state index < -0.39 is 0 Å². The Morgan fingerprint density at radius 3 is 2.60 bits per heavy atom. The molecule has 5 heteroatoms. The first-order valence-corrected chi connectivity index (χ1v) is 9.95. The van der Waals surface area contributed by atoms with Crippen LogP contribution < -0.4 is 15.4 Å². The molecule has 1 aromatic rings. The molecule has 0 spiro atoms. The first-order chi connectivity index (χ1) is 12.2. The number of ether oxygens (including phenoxy) is 1. The molecule has 0 bridgehead atoms. The lowest BCUT2D eigenvalue weighted by molar-refractivity contribution is 0.0972. The van der Waals surface area contributed by atoms with E-state index in [2.05, 4.69) is 17.6 Å². The third-order valence-electron chi connectivity index (χ3n) is 4.55. The number of nitrogens with one attached hydrogen (secondary N) is 2. The molecule has 25 heavy (non-hydrogen) atoms. The Bertz CT molecular complexity index is 554. The van der Waals surface area contributed by atoms with Gasteiger partial charge in [0.25, 0.3) is 5.91 Å². The van der Waals surface area contributed by atoms with Crippen LogP contribution in [0.2, 0.25) is 0 Å². The van der Waals surface area contributed by atoms with Crippen molar-refractivity contribution >= 4 is 23.2 Å². The second kappa shape index (κ2) is 11.1. The molecule has 1 aliphatic carbocycles. The minimum absolute atomic E-state index is 0.211. The molecule has 0 radical (unpaired) electrons. The first-order valence-electron chi connectivity index (χ1n) is 9.54. The molecular weight excluding hydrogens is 332 g/mol. The fraction of sp³-hybridized carbons (Fsp3) is 0.600. The molecule has 1 fully saturated rings. The second-order valence-electron chi connectivity index (χ2n) is 6.67. The topological polar surface area (TPSA) is 50.4 Å². The number of carbonyl (C=O) groups excluding carboxylic acids is 1. The first kappa shape index (κ1) is 19.7. The van der Waals surface area contributed by atoms with Gasteiger partial charge in [0.2, 0.25) is 0 Å². The Hall–Kier alpha value is -1.62. The molecule has 0 aliphatic heterocycles. The lowest BCUT2D eigenvalue weighted by Gasteiger charge is -2.19. The lowest BCUT2D eigenvalue weighted by Crippen LogP contribution is -2.44. The zero-order valence-electron chi connectivity index (χ0n) is 15.2. The van der Waals surface area contributed by atoms with Gasteiger partial charge in [-0.2, -0.15) is 0 Å². The smallest absolute Gasteiger partial charge is 0.261 e.